The molecule has 2 N–H and O–H groups in total. The van der Waals surface area contributed by atoms with Gasteiger partial charge in [-0.25, -0.2) is 0 Å². The van der Waals surface area contributed by atoms with E-state index in [-0.39, 0.29) is 0 Å². The standard InChI is InChI=1S/C30H51N/c1-2-3-4-5-6-7-8-9-10-11-12-25-13-15-26(16-14-25)27-17-19-28(20-18-27)29-21-23-30(31)24-22-29/h21-28H,2-20,31H2,1H3/t25-,26-,27?,28?. The molecule has 0 aromatic heterocycles. The van der Waals surface area contributed by atoms with Gasteiger partial charge in [0.2, 0.25) is 0 Å². The first-order chi connectivity index (χ1) is 15.3. The first kappa shape index (κ1) is 24.7. The van der Waals surface area contributed by atoms with E-state index < -0.39 is 0 Å². The maximum Gasteiger partial charge on any atom is 0.0314 e. The first-order valence-electron chi connectivity index (χ1n) is 14.1. The second kappa shape index (κ2) is 14.2. The average Bonchev–Trinajstić information content (AvgIpc) is 2.81. The van der Waals surface area contributed by atoms with Crippen LogP contribution in [0.4, 0.5) is 5.69 Å². The molecule has 0 amide bonds. The minimum Gasteiger partial charge on any atom is -0.399 e. The first-order valence-corrected chi connectivity index (χ1v) is 14.1. The maximum atomic E-state index is 5.86. The fourth-order valence-electron chi connectivity index (χ4n) is 6.56. The van der Waals surface area contributed by atoms with Crippen molar-refractivity contribution in [2.75, 3.05) is 5.73 Å². The van der Waals surface area contributed by atoms with Gasteiger partial charge >= 0.3 is 0 Å². The molecule has 0 atom stereocenters. The van der Waals surface area contributed by atoms with Crippen LogP contribution < -0.4 is 5.73 Å². The molecule has 0 unspecified atom stereocenters. The predicted octanol–water partition coefficient (Wildman–Crippen LogP) is 9.66. The number of rotatable bonds is 13. The molecule has 3 rings (SSSR count). The van der Waals surface area contributed by atoms with Gasteiger partial charge in [-0.1, -0.05) is 103 Å². The second-order valence-electron chi connectivity index (χ2n) is 11.0. The minimum atomic E-state index is 0.782. The van der Waals surface area contributed by atoms with E-state index in [2.05, 4.69) is 31.2 Å². The summed E-state index contributed by atoms with van der Waals surface area (Å²) in [6.07, 6.45) is 28.0. The molecule has 31 heavy (non-hydrogen) atoms. The van der Waals surface area contributed by atoms with Gasteiger partial charge in [0, 0.05) is 5.69 Å². The summed E-state index contributed by atoms with van der Waals surface area (Å²) in [5.74, 6) is 3.89. The van der Waals surface area contributed by atoms with Gasteiger partial charge in [0.25, 0.3) is 0 Å². The Balaban J connectivity index is 1.20. The highest BCUT2D eigenvalue weighted by Crippen LogP contribution is 2.44. The van der Waals surface area contributed by atoms with Gasteiger partial charge in [0.1, 0.15) is 0 Å². The molecule has 2 aliphatic rings. The number of hydrogen-bond acceptors (Lipinski definition) is 1. The number of nitrogen functional groups attached to an aromatic ring is 1. The van der Waals surface area contributed by atoms with Crippen LogP contribution in [0.1, 0.15) is 140 Å². The van der Waals surface area contributed by atoms with Crippen molar-refractivity contribution in [1.29, 1.82) is 0 Å². The lowest BCUT2D eigenvalue weighted by Crippen LogP contribution is -2.25. The number of anilines is 1. The zero-order valence-electron chi connectivity index (χ0n) is 20.6. The highest BCUT2D eigenvalue weighted by molar-refractivity contribution is 5.40. The quantitative estimate of drug-likeness (QED) is 0.247. The van der Waals surface area contributed by atoms with E-state index in [4.69, 9.17) is 5.73 Å². The summed E-state index contributed by atoms with van der Waals surface area (Å²) >= 11 is 0. The van der Waals surface area contributed by atoms with E-state index in [1.807, 2.05) is 0 Å². The van der Waals surface area contributed by atoms with E-state index in [0.29, 0.717) is 0 Å². The average molecular weight is 426 g/mol. The number of nitrogens with two attached hydrogens (primary N) is 1. The molecule has 1 heteroatoms. The summed E-state index contributed by atoms with van der Waals surface area (Å²) in [6.45, 7) is 2.31. The van der Waals surface area contributed by atoms with Gasteiger partial charge < -0.3 is 5.73 Å². The Morgan fingerprint density at radius 1 is 0.613 bits per heavy atom. The van der Waals surface area contributed by atoms with Gasteiger partial charge in [0.15, 0.2) is 0 Å². The third kappa shape index (κ3) is 8.82. The van der Waals surface area contributed by atoms with Gasteiger partial charge in [-0.3, -0.25) is 0 Å². The molecular weight excluding hydrogens is 374 g/mol. The lowest BCUT2D eigenvalue weighted by molar-refractivity contribution is 0.155. The van der Waals surface area contributed by atoms with Crippen LogP contribution in [0.25, 0.3) is 0 Å². The molecular formula is C30H51N. The van der Waals surface area contributed by atoms with Crippen LogP contribution in [-0.4, -0.2) is 0 Å². The molecule has 1 aromatic carbocycles. The van der Waals surface area contributed by atoms with Crippen LogP contribution in [0.15, 0.2) is 24.3 Å². The molecule has 2 fully saturated rings. The third-order valence-corrected chi connectivity index (χ3v) is 8.70. The molecule has 176 valence electrons. The zero-order chi connectivity index (χ0) is 21.7. The molecule has 0 spiro atoms. The number of benzene rings is 1. The van der Waals surface area contributed by atoms with Crippen LogP contribution >= 0.6 is 0 Å². The molecule has 0 radical (unpaired) electrons. The van der Waals surface area contributed by atoms with Crippen molar-refractivity contribution in [2.24, 2.45) is 17.8 Å². The molecule has 0 aliphatic heterocycles. The fraction of sp³-hybridized carbons (Fsp3) is 0.800. The summed E-state index contributed by atoms with van der Waals surface area (Å²) in [7, 11) is 0. The van der Waals surface area contributed by atoms with Crippen LogP contribution in [0.3, 0.4) is 0 Å². The minimum absolute atomic E-state index is 0.782. The molecule has 0 heterocycles. The molecule has 2 aliphatic carbocycles. The number of hydrogen-bond donors (Lipinski definition) is 1. The molecule has 2 saturated carbocycles. The Labute approximate surface area is 194 Å². The van der Waals surface area contributed by atoms with Gasteiger partial charge in [-0.2, -0.15) is 0 Å². The van der Waals surface area contributed by atoms with Crippen LogP contribution in [0, 0.1) is 17.8 Å². The fourth-order valence-corrected chi connectivity index (χ4v) is 6.56. The Bertz CT molecular complexity index is 561. The summed E-state index contributed by atoms with van der Waals surface area (Å²) in [5.41, 5.74) is 8.28. The van der Waals surface area contributed by atoms with Crippen LogP contribution in [0.5, 0.6) is 0 Å². The smallest absolute Gasteiger partial charge is 0.0314 e. The summed E-state index contributed by atoms with van der Waals surface area (Å²) in [4.78, 5) is 0. The Morgan fingerprint density at radius 2 is 1.10 bits per heavy atom. The topological polar surface area (TPSA) is 26.0 Å². The SMILES string of the molecule is CCCCCCCCCCCC[C@H]1CC[C@H](C2CCC(c3ccc(N)cc3)CC2)CC1. The summed E-state index contributed by atoms with van der Waals surface area (Å²) < 4.78 is 0. The highest BCUT2D eigenvalue weighted by Gasteiger charge is 2.31. The van der Waals surface area contributed by atoms with E-state index in [0.717, 1.165) is 29.4 Å². The largest absolute Gasteiger partial charge is 0.399 e. The van der Waals surface area contributed by atoms with Gasteiger partial charge in [-0.15, -0.1) is 0 Å². The van der Waals surface area contributed by atoms with E-state index in [9.17, 15) is 0 Å². The van der Waals surface area contributed by atoms with Gasteiger partial charge in [-0.05, 0) is 79.9 Å². The lowest BCUT2D eigenvalue weighted by Gasteiger charge is -2.38. The van der Waals surface area contributed by atoms with Crippen molar-refractivity contribution >= 4 is 5.69 Å². The van der Waals surface area contributed by atoms with Crippen molar-refractivity contribution in [3.63, 3.8) is 0 Å². The third-order valence-electron chi connectivity index (χ3n) is 8.70. The van der Waals surface area contributed by atoms with Crippen molar-refractivity contribution in [3.8, 4) is 0 Å². The van der Waals surface area contributed by atoms with E-state index in [1.54, 1.807) is 0 Å². The molecule has 1 nitrogen and oxygen atoms in total. The van der Waals surface area contributed by atoms with Crippen LogP contribution in [0.2, 0.25) is 0 Å². The van der Waals surface area contributed by atoms with Gasteiger partial charge in [0.05, 0.1) is 0 Å². The normalized spacial score (nSPS) is 26.7. The van der Waals surface area contributed by atoms with E-state index in [1.165, 1.54) is 128 Å². The van der Waals surface area contributed by atoms with Crippen molar-refractivity contribution in [2.45, 2.75) is 135 Å². The Kier molecular flexibility index (Phi) is 11.3. The molecule has 1 aromatic rings. The Morgan fingerprint density at radius 3 is 1.65 bits per heavy atom. The molecule has 0 saturated heterocycles. The van der Waals surface area contributed by atoms with Crippen LogP contribution in [-0.2, 0) is 0 Å². The highest BCUT2D eigenvalue weighted by atomic mass is 14.5. The van der Waals surface area contributed by atoms with Crippen molar-refractivity contribution in [1.82, 2.24) is 0 Å². The van der Waals surface area contributed by atoms with E-state index >= 15 is 0 Å². The summed E-state index contributed by atoms with van der Waals surface area (Å²) in [5, 5.41) is 0. The zero-order valence-corrected chi connectivity index (χ0v) is 20.6. The number of unbranched alkanes of at least 4 members (excludes halogenated alkanes) is 9. The predicted molar refractivity (Wildman–Crippen MR) is 137 cm³/mol. The van der Waals surface area contributed by atoms with Crippen molar-refractivity contribution < 1.29 is 0 Å². The lowest BCUT2D eigenvalue weighted by atomic mass is 9.68. The summed E-state index contributed by atoms with van der Waals surface area (Å²) in [6, 6.07) is 8.69. The Hall–Kier alpha value is -0.980. The monoisotopic (exact) mass is 425 g/mol. The molecule has 0 bridgehead atoms. The second-order valence-corrected chi connectivity index (χ2v) is 11.0. The van der Waals surface area contributed by atoms with Crippen molar-refractivity contribution in [3.05, 3.63) is 29.8 Å². The maximum absolute atomic E-state index is 5.86.